The molecule has 1 N–H and O–H groups in total. The first kappa shape index (κ1) is 22.2. The highest BCUT2D eigenvalue weighted by Gasteiger charge is 2.27. The predicted octanol–water partition coefficient (Wildman–Crippen LogP) is 7.05. The van der Waals surface area contributed by atoms with E-state index in [1.54, 1.807) is 29.7 Å². The van der Waals surface area contributed by atoms with Crippen LogP contribution in [0.4, 0.5) is 0 Å². The molecule has 32 heavy (non-hydrogen) atoms. The summed E-state index contributed by atoms with van der Waals surface area (Å²) in [6.45, 7) is 3.95. The van der Waals surface area contributed by atoms with Gasteiger partial charge in [-0.1, -0.05) is 72.1 Å². The lowest BCUT2D eigenvalue weighted by atomic mass is 9.99. The van der Waals surface area contributed by atoms with Crippen molar-refractivity contribution in [3.8, 4) is 0 Å². The molecule has 0 radical (unpaired) electrons. The molecule has 3 nitrogen and oxygen atoms in total. The molecule has 0 aliphatic carbocycles. The molecule has 0 atom stereocenters. The zero-order chi connectivity index (χ0) is 22.4. The number of nitrogens with zero attached hydrogens (tertiary/aromatic N) is 1. The van der Waals surface area contributed by atoms with Gasteiger partial charge in [-0.2, -0.15) is 0 Å². The van der Waals surface area contributed by atoms with Crippen molar-refractivity contribution >= 4 is 29.4 Å². The maximum Gasteiger partial charge on any atom is 0.254 e. The first-order chi connectivity index (χ1) is 15.5. The van der Waals surface area contributed by atoms with Crippen molar-refractivity contribution in [2.24, 2.45) is 0 Å². The lowest BCUT2D eigenvalue weighted by Gasteiger charge is -2.27. The van der Waals surface area contributed by atoms with E-state index in [4.69, 9.17) is 0 Å². The van der Waals surface area contributed by atoms with Gasteiger partial charge < -0.3 is 5.32 Å². The Kier molecular flexibility index (Phi) is 6.98. The van der Waals surface area contributed by atoms with E-state index in [-0.39, 0.29) is 5.91 Å². The molecule has 0 aliphatic rings. The van der Waals surface area contributed by atoms with Gasteiger partial charge >= 0.3 is 0 Å². The molecule has 0 aliphatic heterocycles. The summed E-state index contributed by atoms with van der Waals surface area (Å²) < 4.78 is 0. The molecule has 0 spiro atoms. The number of aromatic nitrogens is 1. The summed E-state index contributed by atoms with van der Waals surface area (Å²) >= 11 is 3.20. The molecular formula is C27H24N2OS2. The molecule has 1 aromatic heterocycles. The van der Waals surface area contributed by atoms with E-state index in [2.05, 4.69) is 34.6 Å². The van der Waals surface area contributed by atoms with Crippen molar-refractivity contribution in [2.75, 3.05) is 0 Å². The molecule has 4 rings (SSSR count). The zero-order valence-electron chi connectivity index (χ0n) is 18.0. The topological polar surface area (TPSA) is 42.0 Å². The minimum Gasteiger partial charge on any atom is -0.341 e. The lowest BCUT2D eigenvalue weighted by Crippen LogP contribution is -2.42. The van der Waals surface area contributed by atoms with Gasteiger partial charge in [-0.15, -0.1) is 0 Å². The minimum atomic E-state index is -0.614. The molecule has 1 heterocycles. The van der Waals surface area contributed by atoms with Crippen LogP contribution in [0.25, 0.3) is 0 Å². The monoisotopic (exact) mass is 456 g/mol. The fraction of sp³-hybridized carbons (Fsp3) is 0.111. The summed E-state index contributed by atoms with van der Waals surface area (Å²) in [6.07, 6.45) is 1.75. The largest absolute Gasteiger partial charge is 0.341 e. The van der Waals surface area contributed by atoms with Crippen LogP contribution in [-0.2, 0) is 5.54 Å². The third kappa shape index (κ3) is 5.42. The first-order valence-electron chi connectivity index (χ1n) is 10.4. The van der Waals surface area contributed by atoms with E-state index in [1.807, 2.05) is 86.6 Å². The number of hydrogen-bond donors (Lipinski definition) is 1. The standard InChI is InChI=1S/C27H24N2OS2/c1-27(2,24-18-9-10-19-28-24)29-26(30)25-22(31-20-12-5-3-6-13-20)16-11-17-23(25)32-21-14-7-4-8-15-21/h3-19H,1-2H3,(H,29,30). The van der Waals surface area contributed by atoms with Crippen LogP contribution < -0.4 is 5.32 Å². The van der Waals surface area contributed by atoms with Crippen molar-refractivity contribution < 1.29 is 4.79 Å². The summed E-state index contributed by atoms with van der Waals surface area (Å²) in [4.78, 5) is 22.2. The number of amides is 1. The van der Waals surface area contributed by atoms with E-state index in [1.165, 1.54) is 0 Å². The normalized spacial score (nSPS) is 11.2. The van der Waals surface area contributed by atoms with Gasteiger partial charge in [0, 0.05) is 25.8 Å². The van der Waals surface area contributed by atoms with Gasteiger partial charge in [0.1, 0.15) is 0 Å². The smallest absolute Gasteiger partial charge is 0.254 e. The molecule has 3 aromatic carbocycles. The van der Waals surface area contributed by atoms with Crippen molar-refractivity contribution in [1.29, 1.82) is 0 Å². The Hall–Kier alpha value is -3.02. The number of rotatable bonds is 7. The number of nitrogens with one attached hydrogen (secondary N) is 1. The Balaban J connectivity index is 1.72. The Bertz CT molecular complexity index is 1120. The SMILES string of the molecule is CC(C)(NC(=O)c1c(Sc2ccccc2)cccc1Sc1ccccc1)c1ccccn1. The van der Waals surface area contributed by atoms with Crippen LogP contribution in [0, 0.1) is 0 Å². The van der Waals surface area contributed by atoms with Gasteiger partial charge in [-0.3, -0.25) is 9.78 Å². The summed E-state index contributed by atoms with van der Waals surface area (Å²) in [5.74, 6) is -0.113. The van der Waals surface area contributed by atoms with E-state index in [0.717, 1.165) is 25.3 Å². The van der Waals surface area contributed by atoms with E-state index >= 15 is 0 Å². The van der Waals surface area contributed by atoms with Crippen molar-refractivity contribution in [2.45, 2.75) is 39.0 Å². The first-order valence-corrected chi connectivity index (χ1v) is 12.0. The van der Waals surface area contributed by atoms with Crippen molar-refractivity contribution in [3.63, 3.8) is 0 Å². The van der Waals surface area contributed by atoms with Crippen LogP contribution in [0.15, 0.2) is 123 Å². The summed E-state index contributed by atoms with van der Waals surface area (Å²) in [6, 6.07) is 32.0. The molecule has 160 valence electrons. The predicted molar refractivity (Wildman–Crippen MR) is 132 cm³/mol. The minimum absolute atomic E-state index is 0.113. The molecule has 5 heteroatoms. The highest BCUT2D eigenvalue weighted by atomic mass is 32.2. The number of pyridine rings is 1. The second-order valence-corrected chi connectivity index (χ2v) is 9.98. The second kappa shape index (κ2) is 10.1. The van der Waals surface area contributed by atoms with Crippen molar-refractivity contribution in [1.82, 2.24) is 10.3 Å². The lowest BCUT2D eigenvalue weighted by molar-refractivity contribution is 0.0904. The second-order valence-electron chi connectivity index (χ2n) is 7.75. The van der Waals surface area contributed by atoms with E-state index in [9.17, 15) is 4.79 Å². The molecule has 0 fully saturated rings. The van der Waals surface area contributed by atoms with Crippen LogP contribution in [0.5, 0.6) is 0 Å². The Morgan fingerprint density at radius 1 is 0.719 bits per heavy atom. The average molecular weight is 457 g/mol. The van der Waals surface area contributed by atoms with Gasteiger partial charge in [0.2, 0.25) is 0 Å². The van der Waals surface area contributed by atoms with E-state index < -0.39 is 5.54 Å². The van der Waals surface area contributed by atoms with Gasteiger partial charge in [-0.05, 0) is 62.4 Å². The summed E-state index contributed by atoms with van der Waals surface area (Å²) in [5, 5.41) is 3.21. The molecule has 1 amide bonds. The zero-order valence-corrected chi connectivity index (χ0v) is 19.6. The van der Waals surface area contributed by atoms with Gasteiger partial charge in [-0.25, -0.2) is 0 Å². The highest BCUT2D eigenvalue weighted by molar-refractivity contribution is 8.00. The van der Waals surface area contributed by atoms with Crippen LogP contribution in [0.2, 0.25) is 0 Å². The highest BCUT2D eigenvalue weighted by Crippen LogP contribution is 2.38. The third-order valence-electron chi connectivity index (χ3n) is 4.89. The maximum atomic E-state index is 13.7. The van der Waals surface area contributed by atoms with Crippen LogP contribution in [0.3, 0.4) is 0 Å². The fourth-order valence-electron chi connectivity index (χ4n) is 3.28. The van der Waals surface area contributed by atoms with Crippen LogP contribution >= 0.6 is 23.5 Å². The number of carbonyl (C=O) groups is 1. The molecule has 4 aromatic rings. The maximum absolute atomic E-state index is 13.7. The molecule has 0 saturated heterocycles. The summed E-state index contributed by atoms with van der Waals surface area (Å²) in [5.41, 5.74) is 0.885. The Morgan fingerprint density at radius 3 is 1.75 bits per heavy atom. The number of hydrogen-bond acceptors (Lipinski definition) is 4. The van der Waals surface area contributed by atoms with Crippen molar-refractivity contribution in [3.05, 3.63) is 115 Å². The quantitative estimate of drug-likeness (QED) is 0.323. The van der Waals surface area contributed by atoms with Crippen LogP contribution in [-0.4, -0.2) is 10.9 Å². The van der Waals surface area contributed by atoms with Crippen LogP contribution in [0.1, 0.15) is 29.9 Å². The molecule has 0 saturated carbocycles. The molecule has 0 bridgehead atoms. The van der Waals surface area contributed by atoms with E-state index in [0.29, 0.717) is 5.56 Å². The average Bonchev–Trinajstić information content (AvgIpc) is 2.81. The van der Waals surface area contributed by atoms with Gasteiger partial charge in [0.05, 0.1) is 16.8 Å². The van der Waals surface area contributed by atoms with Gasteiger partial charge in [0.25, 0.3) is 5.91 Å². The third-order valence-corrected chi connectivity index (χ3v) is 7.02. The number of carbonyl (C=O) groups excluding carboxylic acids is 1. The Labute approximate surface area is 197 Å². The molecular weight excluding hydrogens is 432 g/mol. The Morgan fingerprint density at radius 2 is 1.25 bits per heavy atom. The summed E-state index contributed by atoms with van der Waals surface area (Å²) in [7, 11) is 0. The van der Waals surface area contributed by atoms with Gasteiger partial charge in [0.15, 0.2) is 0 Å². The molecule has 0 unspecified atom stereocenters. The number of benzene rings is 3. The fourth-order valence-corrected chi connectivity index (χ4v) is 5.34.